The summed E-state index contributed by atoms with van der Waals surface area (Å²) in [7, 11) is 0. The lowest BCUT2D eigenvalue weighted by Crippen LogP contribution is -2.09. The second-order valence-electron chi connectivity index (χ2n) is 6.75. The Balaban J connectivity index is 1.48. The highest BCUT2D eigenvalue weighted by Crippen LogP contribution is 2.30. The van der Waals surface area contributed by atoms with Gasteiger partial charge in [0, 0.05) is 28.7 Å². The lowest BCUT2D eigenvalue weighted by Gasteiger charge is -2.11. The lowest BCUT2D eigenvalue weighted by atomic mass is 10.1. The van der Waals surface area contributed by atoms with E-state index in [1.807, 2.05) is 16.7 Å². The number of ketones is 1. The summed E-state index contributed by atoms with van der Waals surface area (Å²) in [4.78, 5) is 16.9. The Hall–Kier alpha value is -2.87. The number of carbonyl (C=O) groups excluding carboxylic acids is 1. The molecule has 0 aliphatic carbocycles. The van der Waals surface area contributed by atoms with E-state index >= 15 is 0 Å². The molecule has 0 amide bonds. The average molecular weight is 485 g/mol. The lowest BCUT2D eigenvalue weighted by molar-refractivity contribution is 0.102. The van der Waals surface area contributed by atoms with Crippen molar-refractivity contribution in [2.45, 2.75) is 18.3 Å². The summed E-state index contributed by atoms with van der Waals surface area (Å²) in [5, 5.41) is 11.1. The SMILES string of the molecule is C=CCn1c(COc2ccc(Cl)c3cccnc23)nnc1SCC(=O)c1ccc(Cl)cc1. The van der Waals surface area contributed by atoms with Gasteiger partial charge in [0.05, 0.1) is 10.8 Å². The number of hydrogen-bond acceptors (Lipinski definition) is 6. The number of nitrogens with zero attached hydrogens (tertiary/aromatic N) is 4. The molecule has 4 aromatic rings. The Morgan fingerprint density at radius 3 is 2.72 bits per heavy atom. The number of hydrogen-bond donors (Lipinski definition) is 0. The van der Waals surface area contributed by atoms with Crippen molar-refractivity contribution in [1.29, 1.82) is 0 Å². The van der Waals surface area contributed by atoms with Crippen LogP contribution < -0.4 is 4.74 Å². The first-order valence-electron chi connectivity index (χ1n) is 9.67. The summed E-state index contributed by atoms with van der Waals surface area (Å²) >= 11 is 13.5. The van der Waals surface area contributed by atoms with Crippen LogP contribution in [0.4, 0.5) is 0 Å². The number of benzene rings is 2. The van der Waals surface area contributed by atoms with Gasteiger partial charge in [-0.15, -0.1) is 16.8 Å². The van der Waals surface area contributed by atoms with Gasteiger partial charge in [-0.2, -0.15) is 0 Å². The Bertz CT molecular complexity index is 1270. The number of Topliss-reactive ketones (excluding diaryl/α,β-unsaturated/α-hetero) is 1. The smallest absolute Gasteiger partial charge is 0.192 e. The van der Waals surface area contributed by atoms with E-state index in [4.69, 9.17) is 27.9 Å². The second-order valence-corrected chi connectivity index (χ2v) is 8.54. The van der Waals surface area contributed by atoms with Crippen LogP contribution >= 0.6 is 35.0 Å². The molecule has 0 saturated carbocycles. The fraction of sp³-hybridized carbons (Fsp3) is 0.130. The largest absolute Gasteiger partial charge is 0.483 e. The van der Waals surface area contributed by atoms with Crippen LogP contribution in [0.1, 0.15) is 16.2 Å². The highest BCUT2D eigenvalue weighted by atomic mass is 35.5. The molecule has 0 radical (unpaired) electrons. The third kappa shape index (κ3) is 4.96. The van der Waals surface area contributed by atoms with Gasteiger partial charge in [-0.3, -0.25) is 14.3 Å². The van der Waals surface area contributed by atoms with Gasteiger partial charge in [0.15, 0.2) is 16.8 Å². The Morgan fingerprint density at radius 2 is 1.94 bits per heavy atom. The number of halogens is 2. The van der Waals surface area contributed by atoms with E-state index in [2.05, 4.69) is 21.8 Å². The van der Waals surface area contributed by atoms with Crippen molar-refractivity contribution in [3.05, 3.63) is 88.8 Å². The first kappa shape index (κ1) is 22.3. The quantitative estimate of drug-likeness (QED) is 0.168. The Kier molecular flexibility index (Phi) is 7.09. The van der Waals surface area contributed by atoms with E-state index in [0.29, 0.717) is 44.4 Å². The van der Waals surface area contributed by atoms with Crippen molar-refractivity contribution < 1.29 is 9.53 Å². The molecule has 0 saturated heterocycles. The van der Waals surface area contributed by atoms with Crippen LogP contribution in [-0.4, -0.2) is 31.3 Å². The average Bonchev–Trinajstić information content (AvgIpc) is 3.19. The van der Waals surface area contributed by atoms with Crippen molar-refractivity contribution in [3.63, 3.8) is 0 Å². The monoisotopic (exact) mass is 484 g/mol. The van der Waals surface area contributed by atoms with E-state index in [9.17, 15) is 4.79 Å². The topological polar surface area (TPSA) is 69.9 Å². The van der Waals surface area contributed by atoms with Crippen molar-refractivity contribution in [3.8, 4) is 5.75 Å². The number of fused-ring (bicyclic) bond motifs is 1. The van der Waals surface area contributed by atoms with Crippen molar-refractivity contribution in [2.24, 2.45) is 0 Å². The summed E-state index contributed by atoms with van der Waals surface area (Å²) in [5.41, 5.74) is 1.28. The molecule has 0 atom stereocenters. The van der Waals surface area contributed by atoms with Crippen molar-refractivity contribution >= 4 is 51.6 Å². The van der Waals surface area contributed by atoms with Crippen LogP contribution in [0.5, 0.6) is 5.75 Å². The summed E-state index contributed by atoms with van der Waals surface area (Å²) in [6, 6.07) is 14.1. The third-order valence-electron chi connectivity index (χ3n) is 4.64. The molecule has 6 nitrogen and oxygen atoms in total. The summed E-state index contributed by atoms with van der Waals surface area (Å²) in [6.07, 6.45) is 3.44. The van der Waals surface area contributed by atoms with Crippen LogP contribution in [0.15, 0.2) is 72.5 Å². The highest BCUT2D eigenvalue weighted by Gasteiger charge is 2.16. The fourth-order valence-electron chi connectivity index (χ4n) is 3.06. The van der Waals surface area contributed by atoms with E-state index in [1.54, 1.807) is 48.7 Å². The van der Waals surface area contributed by atoms with Gasteiger partial charge in [-0.1, -0.05) is 41.0 Å². The molecule has 4 rings (SSSR count). The maximum Gasteiger partial charge on any atom is 0.192 e. The molecule has 0 N–H and O–H groups in total. The Labute approximate surface area is 199 Å². The predicted molar refractivity (Wildman–Crippen MR) is 128 cm³/mol. The number of rotatable bonds is 9. The molecule has 9 heteroatoms. The molecular weight excluding hydrogens is 467 g/mol. The summed E-state index contributed by atoms with van der Waals surface area (Å²) in [5.74, 6) is 1.43. The molecular formula is C23H18Cl2N4O2S. The van der Waals surface area contributed by atoms with E-state index < -0.39 is 0 Å². The first-order chi connectivity index (χ1) is 15.6. The van der Waals surface area contributed by atoms with Gasteiger partial charge in [0.2, 0.25) is 0 Å². The Morgan fingerprint density at radius 1 is 1.12 bits per heavy atom. The highest BCUT2D eigenvalue weighted by molar-refractivity contribution is 7.99. The number of pyridine rings is 1. The molecule has 2 heterocycles. The minimum absolute atomic E-state index is 0.0173. The normalized spacial score (nSPS) is 10.9. The van der Waals surface area contributed by atoms with Crippen LogP contribution in [-0.2, 0) is 13.2 Å². The molecule has 0 unspecified atom stereocenters. The number of carbonyl (C=O) groups is 1. The van der Waals surface area contributed by atoms with Gasteiger partial charge < -0.3 is 4.74 Å². The fourth-order valence-corrected chi connectivity index (χ4v) is 4.27. The van der Waals surface area contributed by atoms with Crippen molar-refractivity contribution in [1.82, 2.24) is 19.7 Å². The molecule has 0 bridgehead atoms. The minimum atomic E-state index is -0.0173. The first-order valence-corrected chi connectivity index (χ1v) is 11.4. The predicted octanol–water partition coefficient (Wildman–Crippen LogP) is 5.87. The third-order valence-corrected chi connectivity index (χ3v) is 6.19. The van der Waals surface area contributed by atoms with Crippen molar-refractivity contribution in [2.75, 3.05) is 5.75 Å². The second kappa shape index (κ2) is 10.2. The van der Waals surface area contributed by atoms with Gasteiger partial charge in [-0.05, 0) is 48.5 Å². The maximum atomic E-state index is 12.5. The number of thioether (sulfide) groups is 1. The van der Waals surface area contributed by atoms with Gasteiger partial charge in [0.25, 0.3) is 0 Å². The summed E-state index contributed by atoms with van der Waals surface area (Å²) in [6.45, 7) is 4.48. The van der Waals surface area contributed by atoms with Crippen LogP contribution in [0.2, 0.25) is 10.0 Å². The zero-order valence-electron chi connectivity index (χ0n) is 16.9. The van der Waals surface area contributed by atoms with E-state index in [0.717, 1.165) is 5.39 Å². The number of aromatic nitrogens is 4. The molecule has 0 fully saturated rings. The van der Waals surface area contributed by atoms with E-state index in [-0.39, 0.29) is 18.1 Å². The van der Waals surface area contributed by atoms with Crippen LogP contribution in [0.3, 0.4) is 0 Å². The molecule has 2 aromatic carbocycles. The minimum Gasteiger partial charge on any atom is -0.483 e. The standard InChI is InChI=1S/C23H18Cl2N4O2S/c1-2-12-29-21(13-31-20-10-9-18(25)17-4-3-11-26-22(17)20)27-28-23(29)32-14-19(30)15-5-7-16(24)8-6-15/h2-11H,1,12-14H2. The number of ether oxygens (including phenoxy) is 1. The molecule has 162 valence electrons. The summed E-state index contributed by atoms with van der Waals surface area (Å²) < 4.78 is 7.87. The zero-order valence-corrected chi connectivity index (χ0v) is 19.2. The zero-order chi connectivity index (χ0) is 22.5. The maximum absolute atomic E-state index is 12.5. The van der Waals surface area contributed by atoms with Gasteiger partial charge >= 0.3 is 0 Å². The molecule has 0 spiro atoms. The molecule has 32 heavy (non-hydrogen) atoms. The van der Waals surface area contributed by atoms with Crippen LogP contribution in [0.25, 0.3) is 10.9 Å². The molecule has 0 aliphatic rings. The molecule has 0 aliphatic heterocycles. The van der Waals surface area contributed by atoms with Crippen LogP contribution in [0, 0.1) is 0 Å². The number of allylic oxidation sites excluding steroid dienone is 1. The van der Waals surface area contributed by atoms with Gasteiger partial charge in [0.1, 0.15) is 17.9 Å². The molecule has 2 aromatic heterocycles. The van der Waals surface area contributed by atoms with Gasteiger partial charge in [-0.25, -0.2) is 0 Å². The van der Waals surface area contributed by atoms with E-state index in [1.165, 1.54) is 11.8 Å².